The van der Waals surface area contributed by atoms with Gasteiger partial charge in [0.2, 0.25) is 17.6 Å². The number of anilines is 1. The highest BCUT2D eigenvalue weighted by Gasteiger charge is 2.11. The summed E-state index contributed by atoms with van der Waals surface area (Å²) in [5, 5.41) is 14.8. The van der Waals surface area contributed by atoms with Crippen LogP contribution in [0, 0.1) is 6.92 Å². The summed E-state index contributed by atoms with van der Waals surface area (Å²) in [4.78, 5) is 24.8. The number of nitrogens with one attached hydrogen (secondary N) is 2. The Morgan fingerprint density at radius 2 is 2.03 bits per heavy atom. The third-order valence-electron chi connectivity index (χ3n) is 4.27. The lowest BCUT2D eigenvalue weighted by Crippen LogP contribution is -2.29. The van der Waals surface area contributed by atoms with Gasteiger partial charge in [0.05, 0.1) is 0 Å². The molecule has 3 heterocycles. The van der Waals surface area contributed by atoms with Crippen LogP contribution in [0.1, 0.15) is 18.0 Å². The Kier molecular flexibility index (Phi) is 5.84. The minimum absolute atomic E-state index is 0.0974. The first-order valence-electron chi connectivity index (χ1n) is 9.35. The Morgan fingerprint density at radius 1 is 1.20 bits per heavy atom. The van der Waals surface area contributed by atoms with Crippen molar-refractivity contribution in [3.05, 3.63) is 53.3 Å². The van der Waals surface area contributed by atoms with Gasteiger partial charge in [-0.15, -0.1) is 0 Å². The van der Waals surface area contributed by atoms with Crippen molar-refractivity contribution >= 4 is 29.1 Å². The van der Waals surface area contributed by atoms with Gasteiger partial charge in [-0.2, -0.15) is 19.6 Å². The Hall–Kier alpha value is -3.53. The second-order valence-electron chi connectivity index (χ2n) is 6.55. The topological polar surface area (TPSA) is 123 Å². The van der Waals surface area contributed by atoms with Gasteiger partial charge in [0, 0.05) is 48.3 Å². The van der Waals surface area contributed by atoms with Crippen LogP contribution in [0.3, 0.4) is 0 Å². The highest BCUT2D eigenvalue weighted by Crippen LogP contribution is 2.19. The van der Waals surface area contributed by atoms with E-state index in [2.05, 4.69) is 35.8 Å². The molecule has 3 aromatic heterocycles. The van der Waals surface area contributed by atoms with Crippen molar-refractivity contribution in [2.75, 3.05) is 18.4 Å². The van der Waals surface area contributed by atoms with Gasteiger partial charge in [-0.1, -0.05) is 16.8 Å². The number of halogens is 1. The summed E-state index contributed by atoms with van der Waals surface area (Å²) < 4.78 is 6.83. The van der Waals surface area contributed by atoms with Crippen molar-refractivity contribution in [2.45, 2.75) is 19.8 Å². The van der Waals surface area contributed by atoms with Gasteiger partial charge >= 0.3 is 0 Å². The number of benzene rings is 1. The normalized spacial score (nSPS) is 11.0. The lowest BCUT2D eigenvalue weighted by atomic mass is 10.2. The maximum absolute atomic E-state index is 12.1. The van der Waals surface area contributed by atoms with Crippen LogP contribution in [0.4, 0.5) is 5.82 Å². The molecule has 2 N–H and O–H groups in total. The van der Waals surface area contributed by atoms with Crippen molar-refractivity contribution in [3.63, 3.8) is 0 Å². The van der Waals surface area contributed by atoms with Crippen LogP contribution >= 0.6 is 11.6 Å². The molecule has 0 aliphatic rings. The molecule has 0 bridgehead atoms. The van der Waals surface area contributed by atoms with Crippen LogP contribution < -0.4 is 10.6 Å². The van der Waals surface area contributed by atoms with Crippen LogP contribution in [0.25, 0.3) is 17.2 Å². The number of hydrogen-bond acceptors (Lipinski definition) is 8. The smallest absolute Gasteiger partial charge is 0.254 e. The van der Waals surface area contributed by atoms with Gasteiger partial charge in [-0.05, 0) is 31.2 Å². The van der Waals surface area contributed by atoms with Crippen molar-refractivity contribution in [1.29, 1.82) is 0 Å². The highest BCUT2D eigenvalue weighted by atomic mass is 35.5. The van der Waals surface area contributed by atoms with E-state index in [9.17, 15) is 4.79 Å². The number of nitrogens with zero attached hydrogens (tertiary/aromatic N) is 6. The molecule has 0 saturated heterocycles. The average Bonchev–Trinajstić information content (AvgIpc) is 3.39. The highest BCUT2D eigenvalue weighted by molar-refractivity contribution is 6.30. The molecule has 1 amide bonds. The maximum atomic E-state index is 12.1. The lowest BCUT2D eigenvalue weighted by Gasteiger charge is -2.09. The molecule has 154 valence electrons. The Bertz CT molecular complexity index is 1160. The maximum Gasteiger partial charge on any atom is 0.254 e. The van der Waals surface area contributed by atoms with E-state index in [4.69, 9.17) is 16.1 Å². The van der Waals surface area contributed by atoms with Crippen LogP contribution in [0.2, 0.25) is 5.02 Å². The van der Waals surface area contributed by atoms with Crippen LogP contribution in [-0.2, 0) is 11.2 Å². The number of carbonyl (C=O) groups excluding carboxylic acids is 1. The Morgan fingerprint density at radius 3 is 2.87 bits per heavy atom. The number of hydrogen-bond donors (Lipinski definition) is 2. The second-order valence-corrected chi connectivity index (χ2v) is 6.99. The summed E-state index contributed by atoms with van der Waals surface area (Å²) in [6.07, 6.45) is 2.07. The standard InChI is InChI=1S/C19H19ClN8O2/c1-12-10-15(28-19(25-12)23-11-24-28)21-8-9-22-16(29)6-7-17-26-18(27-30-17)13-2-4-14(20)5-3-13/h2-5,10-11,21H,6-9H2,1H3,(H,22,29). The number of rotatable bonds is 8. The van der Waals surface area contributed by atoms with E-state index in [1.54, 1.807) is 16.6 Å². The van der Waals surface area contributed by atoms with Crippen LogP contribution in [0.5, 0.6) is 0 Å². The summed E-state index contributed by atoms with van der Waals surface area (Å²) in [6, 6.07) is 9.02. The predicted molar refractivity (Wildman–Crippen MR) is 110 cm³/mol. The molecule has 30 heavy (non-hydrogen) atoms. The van der Waals surface area contributed by atoms with E-state index in [0.29, 0.717) is 42.0 Å². The predicted octanol–water partition coefficient (Wildman–Crippen LogP) is 2.30. The first kappa shape index (κ1) is 19.8. The molecule has 4 aromatic rings. The zero-order valence-corrected chi connectivity index (χ0v) is 16.9. The van der Waals surface area contributed by atoms with E-state index in [1.807, 2.05) is 25.1 Å². The zero-order chi connectivity index (χ0) is 20.9. The molecule has 0 radical (unpaired) electrons. The number of aromatic nitrogens is 6. The van der Waals surface area contributed by atoms with Gasteiger partial charge in [-0.3, -0.25) is 4.79 Å². The summed E-state index contributed by atoms with van der Waals surface area (Å²) in [6.45, 7) is 2.87. The van der Waals surface area contributed by atoms with Gasteiger partial charge in [-0.25, -0.2) is 4.98 Å². The monoisotopic (exact) mass is 426 g/mol. The quantitative estimate of drug-likeness (QED) is 0.411. The molecule has 0 aliphatic heterocycles. The molecule has 1 aromatic carbocycles. The molecule has 0 aliphatic carbocycles. The first-order valence-corrected chi connectivity index (χ1v) is 9.73. The van der Waals surface area contributed by atoms with Crippen molar-refractivity contribution < 1.29 is 9.32 Å². The van der Waals surface area contributed by atoms with Crippen molar-refractivity contribution in [3.8, 4) is 11.4 Å². The summed E-state index contributed by atoms with van der Waals surface area (Å²) in [7, 11) is 0. The molecule has 0 atom stereocenters. The Balaban J connectivity index is 1.22. The average molecular weight is 427 g/mol. The minimum Gasteiger partial charge on any atom is -0.368 e. The third kappa shape index (κ3) is 4.71. The Labute approximate surface area is 176 Å². The third-order valence-corrected chi connectivity index (χ3v) is 4.52. The van der Waals surface area contributed by atoms with Crippen molar-refractivity contribution in [2.24, 2.45) is 0 Å². The number of fused-ring (bicyclic) bond motifs is 1. The van der Waals surface area contributed by atoms with E-state index < -0.39 is 0 Å². The van der Waals surface area contributed by atoms with Gasteiger partial charge < -0.3 is 15.2 Å². The summed E-state index contributed by atoms with van der Waals surface area (Å²) >= 11 is 5.88. The molecule has 0 saturated carbocycles. The van der Waals surface area contributed by atoms with Gasteiger partial charge in [0.1, 0.15) is 12.1 Å². The molecular formula is C19H19ClN8O2. The molecule has 0 unspecified atom stereocenters. The van der Waals surface area contributed by atoms with E-state index >= 15 is 0 Å². The molecular weight excluding hydrogens is 408 g/mol. The lowest BCUT2D eigenvalue weighted by molar-refractivity contribution is -0.121. The van der Waals surface area contributed by atoms with Gasteiger partial charge in [0.25, 0.3) is 5.78 Å². The fourth-order valence-electron chi connectivity index (χ4n) is 2.83. The van der Waals surface area contributed by atoms with E-state index in [-0.39, 0.29) is 12.3 Å². The van der Waals surface area contributed by atoms with Gasteiger partial charge in [0.15, 0.2) is 0 Å². The minimum atomic E-state index is -0.0974. The number of amides is 1. The van der Waals surface area contributed by atoms with Crippen LogP contribution in [-0.4, -0.2) is 48.7 Å². The molecule has 11 heteroatoms. The number of aryl methyl sites for hydroxylation is 2. The molecule has 0 fully saturated rings. The molecule has 10 nitrogen and oxygen atoms in total. The summed E-state index contributed by atoms with van der Waals surface area (Å²) in [5.41, 5.74) is 1.64. The van der Waals surface area contributed by atoms with E-state index in [1.165, 1.54) is 6.33 Å². The zero-order valence-electron chi connectivity index (χ0n) is 16.2. The van der Waals surface area contributed by atoms with Crippen LogP contribution in [0.15, 0.2) is 41.2 Å². The fraction of sp³-hybridized carbons (Fsp3) is 0.263. The second kappa shape index (κ2) is 8.87. The van der Waals surface area contributed by atoms with Crippen molar-refractivity contribution in [1.82, 2.24) is 35.0 Å². The first-order chi connectivity index (χ1) is 14.6. The summed E-state index contributed by atoms with van der Waals surface area (Å²) in [5.74, 6) is 2.08. The molecule has 4 rings (SSSR count). The SMILES string of the molecule is Cc1cc(NCCNC(=O)CCc2nc(-c3ccc(Cl)cc3)no2)n2ncnc2n1. The number of carbonyl (C=O) groups is 1. The fourth-order valence-corrected chi connectivity index (χ4v) is 2.96. The molecule has 0 spiro atoms. The van der Waals surface area contributed by atoms with E-state index in [0.717, 1.165) is 17.1 Å². The largest absolute Gasteiger partial charge is 0.368 e.